The summed E-state index contributed by atoms with van der Waals surface area (Å²) in [6, 6.07) is 13.0. The first-order valence-corrected chi connectivity index (χ1v) is 8.78. The van der Waals surface area contributed by atoms with Crippen molar-refractivity contribution in [3.05, 3.63) is 69.3 Å². The molecule has 0 aliphatic rings. The highest BCUT2D eigenvalue weighted by Gasteiger charge is 2.15. The van der Waals surface area contributed by atoms with E-state index in [0.717, 1.165) is 0 Å². The van der Waals surface area contributed by atoms with Crippen molar-refractivity contribution in [3.63, 3.8) is 0 Å². The van der Waals surface area contributed by atoms with Crippen LogP contribution in [-0.2, 0) is 0 Å². The maximum atomic E-state index is 9.41. The Kier molecular flexibility index (Phi) is 6.09. The lowest BCUT2D eigenvalue weighted by molar-refractivity contribution is 0.0272. The smallest absolute Gasteiger partial charge is 0.207 e. The first-order chi connectivity index (χ1) is 13.4. The summed E-state index contributed by atoms with van der Waals surface area (Å²) in [6.45, 7) is 0. The third-order valence-corrected chi connectivity index (χ3v) is 4.29. The number of halogens is 3. The molecule has 0 aliphatic heterocycles. The molecular weight excluding hydrogens is 427 g/mol. The van der Waals surface area contributed by atoms with Gasteiger partial charge in [-0.2, -0.15) is 5.26 Å². The van der Waals surface area contributed by atoms with Gasteiger partial charge in [0.05, 0.1) is 33.6 Å². The molecule has 0 spiro atoms. The minimum Gasteiger partial charge on any atom is -0.453 e. The highest BCUT2D eigenvalue weighted by molar-refractivity contribution is 6.40. The number of ether oxygens (including phenoxy) is 1. The lowest BCUT2D eigenvalue weighted by atomic mass is 10.2. The van der Waals surface area contributed by atoms with Gasteiger partial charge in [0, 0.05) is 16.8 Å². The number of nitriles is 1. The van der Waals surface area contributed by atoms with Crippen LogP contribution in [0.15, 0.2) is 48.7 Å². The molecule has 2 aromatic carbocycles. The maximum Gasteiger partial charge on any atom is 0.207 e. The van der Waals surface area contributed by atoms with Crippen molar-refractivity contribution in [2.45, 2.75) is 0 Å². The molecule has 10 heteroatoms. The summed E-state index contributed by atoms with van der Waals surface area (Å²) >= 11 is 18.1. The van der Waals surface area contributed by atoms with E-state index in [1.54, 1.807) is 24.3 Å². The predicted octanol–water partition coefficient (Wildman–Crippen LogP) is 6.03. The van der Waals surface area contributed by atoms with Gasteiger partial charge in [-0.25, -0.2) is 4.98 Å². The van der Waals surface area contributed by atoms with Crippen molar-refractivity contribution in [2.75, 3.05) is 10.5 Å². The van der Waals surface area contributed by atoms with Gasteiger partial charge in [0.1, 0.15) is 5.75 Å². The lowest BCUT2D eigenvalue weighted by Crippen LogP contribution is -2.14. The zero-order valence-electron chi connectivity index (χ0n) is 13.9. The molecule has 0 saturated heterocycles. The van der Waals surface area contributed by atoms with Crippen molar-refractivity contribution in [2.24, 2.45) is 0 Å². The summed E-state index contributed by atoms with van der Waals surface area (Å²) in [4.78, 5) is 3.95. The van der Waals surface area contributed by atoms with E-state index in [4.69, 9.17) is 44.8 Å². The Morgan fingerprint density at radius 3 is 2.25 bits per heavy atom. The zero-order valence-corrected chi connectivity index (χ0v) is 16.2. The number of nitrogens with zero attached hydrogens (tertiary/aromatic N) is 3. The highest BCUT2D eigenvalue weighted by atomic mass is 35.5. The van der Waals surface area contributed by atoms with Crippen molar-refractivity contribution >= 4 is 52.0 Å². The summed E-state index contributed by atoms with van der Waals surface area (Å²) in [5, 5.41) is 31.3. The third-order valence-electron chi connectivity index (χ3n) is 3.51. The molecular formula is C18H11Cl3N4O3. The molecule has 0 aliphatic carbocycles. The van der Waals surface area contributed by atoms with Crippen molar-refractivity contribution < 1.29 is 15.2 Å². The van der Waals surface area contributed by atoms with Gasteiger partial charge in [-0.15, -0.1) is 5.23 Å². The molecule has 0 bridgehead atoms. The quantitative estimate of drug-likeness (QED) is 0.418. The van der Waals surface area contributed by atoms with Gasteiger partial charge in [0.25, 0.3) is 0 Å². The highest BCUT2D eigenvalue weighted by Crippen LogP contribution is 2.40. The fraction of sp³-hybridized carbons (Fsp3) is 0. The van der Waals surface area contributed by atoms with E-state index in [9.17, 15) is 10.4 Å². The topological polar surface area (TPSA) is 102 Å². The van der Waals surface area contributed by atoms with Gasteiger partial charge in [-0.1, -0.05) is 34.8 Å². The molecule has 0 amide bonds. The fourth-order valence-electron chi connectivity index (χ4n) is 2.27. The van der Waals surface area contributed by atoms with E-state index in [2.05, 4.69) is 10.3 Å². The number of benzene rings is 2. The minimum atomic E-state index is -0.176. The number of rotatable bonds is 5. The molecule has 0 unspecified atom stereocenters. The number of anilines is 3. The summed E-state index contributed by atoms with van der Waals surface area (Å²) in [5.41, 5.74) is 1.29. The van der Waals surface area contributed by atoms with E-state index in [1.165, 1.54) is 24.4 Å². The summed E-state index contributed by atoms with van der Waals surface area (Å²) in [7, 11) is 0. The normalized spacial score (nSPS) is 10.3. The second-order valence-electron chi connectivity index (χ2n) is 5.45. The molecule has 1 aromatic heterocycles. The molecule has 3 N–H and O–H groups in total. The van der Waals surface area contributed by atoms with Crippen LogP contribution in [0.25, 0.3) is 0 Å². The van der Waals surface area contributed by atoms with Crippen LogP contribution in [-0.4, -0.2) is 15.4 Å². The molecule has 28 heavy (non-hydrogen) atoms. The van der Waals surface area contributed by atoms with Crippen LogP contribution in [0.2, 0.25) is 15.1 Å². The third kappa shape index (κ3) is 4.57. The second-order valence-corrected chi connectivity index (χ2v) is 6.70. The predicted molar refractivity (Wildman–Crippen MR) is 106 cm³/mol. The summed E-state index contributed by atoms with van der Waals surface area (Å²) in [6.07, 6.45) is 1.26. The van der Waals surface area contributed by atoms with E-state index in [1.807, 2.05) is 6.07 Å². The van der Waals surface area contributed by atoms with Gasteiger partial charge < -0.3 is 10.1 Å². The molecule has 0 fully saturated rings. The van der Waals surface area contributed by atoms with Crippen molar-refractivity contribution in [3.8, 4) is 17.6 Å². The van der Waals surface area contributed by atoms with Crippen LogP contribution in [0.3, 0.4) is 0 Å². The van der Waals surface area contributed by atoms with Crippen LogP contribution in [0, 0.1) is 11.3 Å². The molecule has 0 radical (unpaired) electrons. The van der Waals surface area contributed by atoms with E-state index >= 15 is 0 Å². The number of hydrogen-bond donors (Lipinski definition) is 3. The number of nitrogens with one attached hydrogen (secondary N) is 1. The molecule has 7 nitrogen and oxygen atoms in total. The Balaban J connectivity index is 1.94. The largest absolute Gasteiger partial charge is 0.453 e. The van der Waals surface area contributed by atoms with Crippen LogP contribution in [0.5, 0.6) is 11.5 Å². The summed E-state index contributed by atoms with van der Waals surface area (Å²) < 4.78 is 5.69. The first-order valence-electron chi connectivity index (χ1n) is 7.65. The van der Waals surface area contributed by atoms with Crippen LogP contribution in [0.4, 0.5) is 17.2 Å². The van der Waals surface area contributed by atoms with Gasteiger partial charge in [-0.3, -0.25) is 10.4 Å². The Morgan fingerprint density at radius 1 is 1.04 bits per heavy atom. The van der Waals surface area contributed by atoms with Gasteiger partial charge in [0.15, 0.2) is 5.75 Å². The molecule has 3 rings (SSSR count). The Bertz CT molecular complexity index is 1030. The molecule has 1 heterocycles. The average molecular weight is 438 g/mol. The molecule has 0 atom stereocenters. The number of hydrogen-bond acceptors (Lipinski definition) is 7. The molecule has 3 aromatic rings. The summed E-state index contributed by atoms with van der Waals surface area (Å²) in [5.74, 6) is 0.231. The first kappa shape index (κ1) is 20.0. The van der Waals surface area contributed by atoms with Gasteiger partial charge >= 0.3 is 0 Å². The average Bonchev–Trinajstić information content (AvgIpc) is 2.65. The second kappa shape index (κ2) is 8.52. The van der Waals surface area contributed by atoms with Crippen LogP contribution < -0.4 is 15.3 Å². The standard InChI is InChI=1S/C18H11Cl3N4O3/c19-11-5-14(20)17(15(21)6-11)28-13-7-16(18(23-9-13)25(26)27)24-12-3-1-10(8-22)2-4-12/h1-7,9,24,26-27H. The van der Waals surface area contributed by atoms with Gasteiger partial charge in [0.2, 0.25) is 5.82 Å². The van der Waals surface area contributed by atoms with E-state index < -0.39 is 0 Å². The Hall–Kier alpha value is -2.73. The number of aromatic nitrogens is 1. The van der Waals surface area contributed by atoms with Crippen LogP contribution in [0.1, 0.15) is 5.56 Å². The Morgan fingerprint density at radius 2 is 1.68 bits per heavy atom. The minimum absolute atomic E-state index is 0.127. The maximum absolute atomic E-state index is 9.41. The van der Waals surface area contributed by atoms with E-state index in [-0.39, 0.29) is 38.3 Å². The van der Waals surface area contributed by atoms with Crippen LogP contribution >= 0.6 is 34.8 Å². The monoisotopic (exact) mass is 436 g/mol. The number of pyridine rings is 1. The molecule has 0 saturated carbocycles. The SMILES string of the molecule is N#Cc1ccc(Nc2cc(Oc3c(Cl)cc(Cl)cc3Cl)cnc2N(O)O)cc1. The Labute approximate surface area is 174 Å². The lowest BCUT2D eigenvalue weighted by Gasteiger charge is -2.16. The van der Waals surface area contributed by atoms with Crippen molar-refractivity contribution in [1.29, 1.82) is 5.26 Å². The van der Waals surface area contributed by atoms with E-state index in [0.29, 0.717) is 16.3 Å². The molecule has 142 valence electrons. The van der Waals surface area contributed by atoms with Gasteiger partial charge in [-0.05, 0) is 36.4 Å². The fourth-order valence-corrected chi connectivity index (χ4v) is 3.17. The zero-order chi connectivity index (χ0) is 20.3. The van der Waals surface area contributed by atoms with Crippen molar-refractivity contribution in [1.82, 2.24) is 4.98 Å².